The number of nitrogens with zero attached hydrogens (tertiary/aromatic N) is 6. The Morgan fingerprint density at radius 1 is 1.03 bits per heavy atom. The van der Waals surface area contributed by atoms with Crippen molar-refractivity contribution in [1.29, 1.82) is 0 Å². The monoisotopic (exact) mass is 474 g/mol. The van der Waals surface area contributed by atoms with Crippen molar-refractivity contribution in [2.75, 3.05) is 0 Å². The Labute approximate surface area is 205 Å². The molecule has 0 aliphatic rings. The summed E-state index contributed by atoms with van der Waals surface area (Å²) >= 11 is 0. The molecule has 0 atom stereocenters. The molecule has 4 rings (SSSR count). The number of imidazole rings is 1. The number of hydrogen-bond acceptors (Lipinski definition) is 4. The summed E-state index contributed by atoms with van der Waals surface area (Å²) < 4.78 is 6.51. The number of aromatic nitrogens is 6. The zero-order chi connectivity index (χ0) is 25.3. The quantitative estimate of drug-likeness (QED) is 0.385. The Bertz CT molecular complexity index is 1480. The van der Waals surface area contributed by atoms with Crippen LogP contribution in [-0.4, -0.2) is 28.5 Å². The first-order valence-electron chi connectivity index (χ1n) is 12.1. The molecule has 0 aliphatic carbocycles. The molecule has 8 nitrogen and oxygen atoms in total. The summed E-state index contributed by atoms with van der Waals surface area (Å²) in [5.74, 6) is 1.35. The molecule has 3 aromatic heterocycles. The smallest absolute Gasteiger partial charge is 0.332 e. The highest BCUT2D eigenvalue weighted by atomic mass is 16.2. The number of fused-ring (bicyclic) bond motifs is 1. The van der Waals surface area contributed by atoms with Crippen molar-refractivity contribution in [1.82, 2.24) is 28.5 Å². The van der Waals surface area contributed by atoms with E-state index < -0.39 is 0 Å². The molecule has 4 aromatic rings. The summed E-state index contributed by atoms with van der Waals surface area (Å²) in [6, 6.07) is 10.2. The minimum Gasteiger partial charge on any atom is -0.333 e. The topological polar surface area (TPSA) is 79.6 Å². The Hall–Kier alpha value is -3.68. The number of allylic oxidation sites excluding steroid dienone is 2. The predicted octanol–water partition coefficient (Wildman–Crippen LogP) is 4.08. The highest BCUT2D eigenvalue weighted by Crippen LogP contribution is 2.28. The molecule has 0 amide bonds. The number of rotatable bonds is 8. The molecule has 0 N–H and O–H groups in total. The van der Waals surface area contributed by atoms with Crippen LogP contribution in [0.3, 0.4) is 0 Å². The fourth-order valence-electron chi connectivity index (χ4n) is 4.29. The Morgan fingerprint density at radius 3 is 2.34 bits per heavy atom. The molecule has 184 valence electrons. The molecule has 8 heteroatoms. The van der Waals surface area contributed by atoms with Crippen molar-refractivity contribution in [3.05, 3.63) is 75.2 Å². The maximum Gasteiger partial charge on any atom is 0.332 e. The second-order valence-corrected chi connectivity index (χ2v) is 9.94. The first-order chi connectivity index (χ1) is 16.7. The maximum atomic E-state index is 13.4. The van der Waals surface area contributed by atoms with Crippen LogP contribution in [0.25, 0.3) is 28.1 Å². The van der Waals surface area contributed by atoms with E-state index in [0.29, 0.717) is 41.6 Å². The molecule has 0 aliphatic heterocycles. The van der Waals surface area contributed by atoms with Gasteiger partial charge in [0.2, 0.25) is 0 Å². The molecule has 0 spiro atoms. The van der Waals surface area contributed by atoms with Gasteiger partial charge in [0.1, 0.15) is 11.1 Å². The highest BCUT2D eigenvalue weighted by Gasteiger charge is 2.25. The number of hydrogen-bond donors (Lipinski definition) is 0. The van der Waals surface area contributed by atoms with Crippen LogP contribution in [0.5, 0.6) is 0 Å². The average Bonchev–Trinajstić information content (AvgIpc) is 3.41. The third-order valence-corrected chi connectivity index (χ3v) is 6.11. The van der Waals surface area contributed by atoms with E-state index in [0.717, 1.165) is 17.6 Å². The van der Waals surface area contributed by atoms with Gasteiger partial charge in [0, 0.05) is 33.0 Å². The van der Waals surface area contributed by atoms with E-state index in [1.807, 2.05) is 54.5 Å². The molecule has 1 aromatic carbocycles. The van der Waals surface area contributed by atoms with E-state index in [-0.39, 0.29) is 17.2 Å². The summed E-state index contributed by atoms with van der Waals surface area (Å²) in [5.41, 5.74) is 2.52. The normalized spacial score (nSPS) is 12.4. The minimum atomic E-state index is -0.360. The van der Waals surface area contributed by atoms with E-state index in [4.69, 9.17) is 5.10 Å². The lowest BCUT2D eigenvalue weighted by atomic mass is 10.0. The summed E-state index contributed by atoms with van der Waals surface area (Å²) in [7, 11) is 3.42. The largest absolute Gasteiger partial charge is 0.333 e. The molecule has 35 heavy (non-hydrogen) atoms. The lowest BCUT2D eigenvalue weighted by Gasteiger charge is -2.13. The maximum absolute atomic E-state index is 13.4. The third-order valence-electron chi connectivity index (χ3n) is 6.11. The van der Waals surface area contributed by atoms with E-state index in [9.17, 15) is 9.59 Å². The Morgan fingerprint density at radius 2 is 1.74 bits per heavy atom. The van der Waals surface area contributed by atoms with Crippen LogP contribution >= 0.6 is 0 Å². The van der Waals surface area contributed by atoms with E-state index >= 15 is 0 Å². The van der Waals surface area contributed by atoms with Gasteiger partial charge in [-0.15, -0.1) is 0 Å². The summed E-state index contributed by atoms with van der Waals surface area (Å²) in [6.45, 7) is 9.39. The van der Waals surface area contributed by atoms with Crippen molar-refractivity contribution < 1.29 is 0 Å². The Kier molecular flexibility index (Phi) is 6.91. The van der Waals surface area contributed by atoms with Gasteiger partial charge >= 0.3 is 5.69 Å². The van der Waals surface area contributed by atoms with Crippen LogP contribution in [0.2, 0.25) is 0 Å². The molecule has 0 bridgehead atoms. The van der Waals surface area contributed by atoms with Crippen LogP contribution in [0.4, 0.5) is 0 Å². The zero-order valence-electron chi connectivity index (χ0n) is 21.4. The molecule has 0 fully saturated rings. The van der Waals surface area contributed by atoms with Crippen LogP contribution in [0, 0.1) is 11.8 Å². The SMILES string of the molecule is CC(C)CC=C(Cn1nc2c(c1-c1nccn1C)c(=O)n(C)c(=O)n2CC(C)C)c1ccccc1. The van der Waals surface area contributed by atoms with Crippen molar-refractivity contribution in [3.63, 3.8) is 0 Å². The van der Waals surface area contributed by atoms with Gasteiger partial charge in [-0.3, -0.25) is 18.6 Å². The fourth-order valence-corrected chi connectivity index (χ4v) is 4.29. The first-order valence-corrected chi connectivity index (χ1v) is 12.1. The van der Waals surface area contributed by atoms with E-state index in [1.54, 1.807) is 10.8 Å². The lowest BCUT2D eigenvalue weighted by molar-refractivity contribution is 0.498. The van der Waals surface area contributed by atoms with Gasteiger partial charge in [-0.1, -0.05) is 64.1 Å². The first kappa shape index (κ1) is 24.4. The van der Waals surface area contributed by atoms with Gasteiger partial charge < -0.3 is 4.57 Å². The molecule has 3 heterocycles. The second kappa shape index (κ2) is 9.90. The van der Waals surface area contributed by atoms with Gasteiger partial charge in [-0.05, 0) is 29.4 Å². The third kappa shape index (κ3) is 4.78. The second-order valence-electron chi connectivity index (χ2n) is 9.94. The van der Waals surface area contributed by atoms with Gasteiger partial charge in [0.05, 0.1) is 6.54 Å². The summed E-state index contributed by atoms with van der Waals surface area (Å²) in [4.78, 5) is 31.1. The molecular formula is C27H34N6O2. The van der Waals surface area contributed by atoms with Crippen molar-refractivity contribution in [3.8, 4) is 11.5 Å². The minimum absolute atomic E-state index is 0.209. The van der Waals surface area contributed by atoms with Gasteiger partial charge in [-0.2, -0.15) is 5.10 Å². The molecule has 0 unspecified atom stereocenters. The standard InChI is InChI=1S/C27H34N6O2/c1-18(2)12-13-21(20-10-8-7-9-11-20)17-33-23(25-28-14-15-30(25)5)22-24(29-33)32(16-19(3)4)27(35)31(6)26(22)34/h7-11,13-15,18-19H,12,16-17H2,1-6H3. The van der Waals surface area contributed by atoms with Gasteiger partial charge in [0.25, 0.3) is 5.56 Å². The predicted molar refractivity (Wildman–Crippen MR) is 140 cm³/mol. The number of aryl methyl sites for hydroxylation is 1. The van der Waals surface area contributed by atoms with Crippen LogP contribution in [-0.2, 0) is 27.2 Å². The highest BCUT2D eigenvalue weighted by molar-refractivity contribution is 5.89. The molecule has 0 saturated carbocycles. The lowest BCUT2D eigenvalue weighted by Crippen LogP contribution is -2.38. The Balaban J connectivity index is 2.02. The molecule has 0 radical (unpaired) electrons. The summed E-state index contributed by atoms with van der Waals surface area (Å²) in [6.07, 6.45) is 6.72. The van der Waals surface area contributed by atoms with Gasteiger partial charge in [0.15, 0.2) is 11.5 Å². The summed E-state index contributed by atoms with van der Waals surface area (Å²) in [5, 5.41) is 5.31. The van der Waals surface area contributed by atoms with Crippen molar-refractivity contribution >= 4 is 16.6 Å². The average molecular weight is 475 g/mol. The van der Waals surface area contributed by atoms with Crippen LogP contribution < -0.4 is 11.2 Å². The van der Waals surface area contributed by atoms with Gasteiger partial charge in [-0.25, -0.2) is 9.78 Å². The fraction of sp³-hybridized carbons (Fsp3) is 0.407. The zero-order valence-corrected chi connectivity index (χ0v) is 21.4. The van der Waals surface area contributed by atoms with E-state index in [2.05, 4.69) is 37.0 Å². The van der Waals surface area contributed by atoms with Crippen LogP contribution in [0.1, 0.15) is 39.7 Å². The van der Waals surface area contributed by atoms with Crippen molar-refractivity contribution in [2.45, 2.75) is 47.2 Å². The molecule has 0 saturated heterocycles. The van der Waals surface area contributed by atoms with Crippen molar-refractivity contribution in [2.24, 2.45) is 25.9 Å². The van der Waals surface area contributed by atoms with Crippen LogP contribution in [0.15, 0.2) is 58.4 Å². The number of benzene rings is 1. The van der Waals surface area contributed by atoms with E-state index in [1.165, 1.54) is 11.6 Å². The molecular weight excluding hydrogens is 440 g/mol.